The van der Waals surface area contributed by atoms with Crippen molar-refractivity contribution in [3.8, 4) is 11.5 Å². The number of aromatic amines is 2. The molecule has 24 heavy (non-hydrogen) atoms. The minimum absolute atomic E-state index is 0.0523. The van der Waals surface area contributed by atoms with E-state index in [1.165, 1.54) is 24.4 Å². The van der Waals surface area contributed by atoms with Crippen LogP contribution in [0.25, 0.3) is 11.0 Å². The summed E-state index contributed by atoms with van der Waals surface area (Å²) in [5.74, 6) is -0.722. The number of hydrogen-bond acceptors (Lipinski definition) is 5. The van der Waals surface area contributed by atoms with E-state index in [-0.39, 0.29) is 22.4 Å². The first-order valence-corrected chi connectivity index (χ1v) is 7.98. The fraction of sp³-hybridized carbons (Fsp3) is 0.143. The van der Waals surface area contributed by atoms with Gasteiger partial charge in [-0.05, 0) is 12.1 Å². The van der Waals surface area contributed by atoms with Crippen molar-refractivity contribution in [1.29, 1.82) is 0 Å². The number of H-pyrrole nitrogens is 2. The topological polar surface area (TPSA) is 108 Å². The molecule has 0 aliphatic carbocycles. The quantitative estimate of drug-likeness (QED) is 0.647. The molecule has 3 N–H and O–H groups in total. The van der Waals surface area contributed by atoms with Crippen LogP contribution in [0, 0.1) is 0 Å². The summed E-state index contributed by atoms with van der Waals surface area (Å²) in [4.78, 5) is 20.9. The molecule has 0 radical (unpaired) electrons. The highest BCUT2D eigenvalue weighted by Crippen LogP contribution is 2.22. The van der Waals surface area contributed by atoms with Gasteiger partial charge >= 0.3 is 6.61 Å². The van der Waals surface area contributed by atoms with Crippen LogP contribution in [-0.4, -0.2) is 30.9 Å². The highest BCUT2D eigenvalue weighted by atomic mass is 32.2. The third-order valence-electron chi connectivity index (χ3n) is 3.16. The number of alkyl halides is 2. The SMILES string of the molecule is O=c1cc[nH]c(CS(=O)c2nc3ccc(OC(F)F)cc3[nH]2)c1O. The van der Waals surface area contributed by atoms with Crippen LogP contribution in [0.1, 0.15) is 5.69 Å². The number of aromatic hydroxyl groups is 1. The van der Waals surface area contributed by atoms with E-state index in [1.54, 1.807) is 0 Å². The lowest BCUT2D eigenvalue weighted by molar-refractivity contribution is -0.0497. The summed E-state index contributed by atoms with van der Waals surface area (Å²) < 4.78 is 41.1. The van der Waals surface area contributed by atoms with Crippen molar-refractivity contribution in [2.24, 2.45) is 0 Å². The van der Waals surface area contributed by atoms with Crippen LogP contribution in [0.3, 0.4) is 0 Å². The molecule has 1 unspecified atom stereocenters. The number of nitrogens with zero attached hydrogens (tertiary/aromatic N) is 1. The number of nitrogens with one attached hydrogen (secondary N) is 2. The van der Waals surface area contributed by atoms with Gasteiger partial charge in [0.15, 0.2) is 10.9 Å². The summed E-state index contributed by atoms with van der Waals surface area (Å²) in [5.41, 5.74) is 0.329. The fourth-order valence-electron chi connectivity index (χ4n) is 2.07. The largest absolute Gasteiger partial charge is 0.503 e. The molecule has 0 aliphatic rings. The van der Waals surface area contributed by atoms with Crippen molar-refractivity contribution < 1.29 is 22.8 Å². The maximum atomic E-state index is 12.3. The second kappa shape index (κ2) is 6.40. The van der Waals surface area contributed by atoms with E-state index < -0.39 is 28.6 Å². The Bertz CT molecular complexity index is 970. The van der Waals surface area contributed by atoms with Crippen molar-refractivity contribution in [2.45, 2.75) is 17.5 Å². The number of hydrogen-bond donors (Lipinski definition) is 3. The zero-order valence-corrected chi connectivity index (χ0v) is 12.8. The predicted molar refractivity (Wildman–Crippen MR) is 81.6 cm³/mol. The van der Waals surface area contributed by atoms with E-state index in [0.29, 0.717) is 11.0 Å². The molecule has 0 amide bonds. The molecule has 0 bridgehead atoms. The Morgan fingerprint density at radius 1 is 1.33 bits per heavy atom. The van der Waals surface area contributed by atoms with Crippen LogP contribution in [0.2, 0.25) is 0 Å². The molecule has 0 saturated heterocycles. The molecule has 10 heteroatoms. The van der Waals surface area contributed by atoms with E-state index in [4.69, 9.17) is 0 Å². The molecule has 7 nitrogen and oxygen atoms in total. The molecule has 2 heterocycles. The number of fused-ring (bicyclic) bond motifs is 1. The summed E-state index contributed by atoms with van der Waals surface area (Å²) in [6, 6.07) is 5.24. The Morgan fingerprint density at radius 3 is 2.88 bits per heavy atom. The van der Waals surface area contributed by atoms with Crippen LogP contribution in [0.5, 0.6) is 11.5 Å². The van der Waals surface area contributed by atoms with Gasteiger partial charge in [0.25, 0.3) is 0 Å². The van der Waals surface area contributed by atoms with E-state index in [9.17, 15) is 22.9 Å². The second-order valence-electron chi connectivity index (χ2n) is 4.76. The molecular weight excluding hydrogens is 344 g/mol. The number of aromatic nitrogens is 3. The smallest absolute Gasteiger partial charge is 0.387 e. The highest BCUT2D eigenvalue weighted by Gasteiger charge is 2.15. The van der Waals surface area contributed by atoms with Crippen LogP contribution in [0.4, 0.5) is 8.78 Å². The molecule has 0 saturated carbocycles. The average Bonchev–Trinajstić information content (AvgIpc) is 2.94. The zero-order chi connectivity index (χ0) is 17.3. The van der Waals surface area contributed by atoms with Gasteiger partial charge in [-0.1, -0.05) is 0 Å². The minimum atomic E-state index is -2.95. The minimum Gasteiger partial charge on any atom is -0.503 e. The Labute approximate surface area is 135 Å². The first kappa shape index (κ1) is 16.1. The summed E-state index contributed by atoms with van der Waals surface area (Å²) in [7, 11) is -1.69. The molecule has 0 aliphatic heterocycles. The van der Waals surface area contributed by atoms with Crippen molar-refractivity contribution >= 4 is 21.8 Å². The van der Waals surface area contributed by atoms with E-state index >= 15 is 0 Å². The number of rotatable bonds is 5. The average molecular weight is 355 g/mol. The molecule has 2 aromatic heterocycles. The van der Waals surface area contributed by atoms with Crippen molar-refractivity contribution in [3.63, 3.8) is 0 Å². The van der Waals surface area contributed by atoms with Crippen LogP contribution in [-0.2, 0) is 16.6 Å². The number of imidazole rings is 1. The van der Waals surface area contributed by atoms with Gasteiger partial charge in [0.05, 0.1) is 33.3 Å². The molecule has 1 aromatic carbocycles. The molecule has 0 fully saturated rings. The van der Waals surface area contributed by atoms with Crippen LogP contribution >= 0.6 is 0 Å². The van der Waals surface area contributed by atoms with Gasteiger partial charge in [-0.3, -0.25) is 9.00 Å². The lowest BCUT2D eigenvalue weighted by Gasteiger charge is -2.02. The van der Waals surface area contributed by atoms with Crippen molar-refractivity contribution in [3.05, 3.63) is 46.4 Å². The number of benzene rings is 1. The predicted octanol–water partition coefficient (Wildman–Crippen LogP) is 1.87. The number of ether oxygens (including phenoxy) is 1. The zero-order valence-electron chi connectivity index (χ0n) is 12.0. The Hall–Kier alpha value is -2.75. The van der Waals surface area contributed by atoms with E-state index in [2.05, 4.69) is 19.7 Å². The van der Waals surface area contributed by atoms with Crippen LogP contribution < -0.4 is 10.2 Å². The summed E-state index contributed by atoms with van der Waals surface area (Å²) in [6.45, 7) is -2.95. The molecular formula is C14H11F2N3O4S. The summed E-state index contributed by atoms with van der Waals surface area (Å²) >= 11 is 0. The van der Waals surface area contributed by atoms with Gasteiger partial charge < -0.3 is 19.8 Å². The van der Waals surface area contributed by atoms with Gasteiger partial charge in [0.1, 0.15) is 5.75 Å². The molecule has 1 atom stereocenters. The first-order chi connectivity index (χ1) is 11.4. The van der Waals surface area contributed by atoms with Gasteiger partial charge in [0.2, 0.25) is 5.43 Å². The normalized spacial score (nSPS) is 12.6. The van der Waals surface area contributed by atoms with E-state index in [1.807, 2.05) is 0 Å². The van der Waals surface area contributed by atoms with Gasteiger partial charge in [-0.2, -0.15) is 8.78 Å². The standard InChI is InChI=1S/C14H11F2N3O4S/c15-13(16)23-7-1-2-8-9(5-7)19-14(18-8)24(22)6-10-12(21)11(20)3-4-17-10/h1-5,13,21H,6H2,(H,17,20)(H,18,19). The highest BCUT2D eigenvalue weighted by molar-refractivity contribution is 7.84. The lowest BCUT2D eigenvalue weighted by atomic mass is 10.3. The molecule has 0 spiro atoms. The van der Waals surface area contributed by atoms with Crippen molar-refractivity contribution in [2.75, 3.05) is 0 Å². The monoisotopic (exact) mass is 355 g/mol. The first-order valence-electron chi connectivity index (χ1n) is 6.66. The molecule has 3 rings (SSSR count). The third-order valence-corrected chi connectivity index (χ3v) is 4.33. The van der Waals surface area contributed by atoms with Gasteiger partial charge in [-0.15, -0.1) is 0 Å². The van der Waals surface area contributed by atoms with Gasteiger partial charge in [0, 0.05) is 18.3 Å². The maximum Gasteiger partial charge on any atom is 0.387 e. The molecule has 126 valence electrons. The molecule has 3 aromatic rings. The van der Waals surface area contributed by atoms with Gasteiger partial charge in [-0.25, -0.2) is 4.98 Å². The maximum absolute atomic E-state index is 12.3. The lowest BCUT2D eigenvalue weighted by Crippen LogP contribution is -2.07. The van der Waals surface area contributed by atoms with E-state index in [0.717, 1.165) is 6.07 Å². The summed E-state index contributed by atoms with van der Waals surface area (Å²) in [5, 5.41) is 9.74. The fourth-order valence-corrected chi connectivity index (χ4v) is 3.12. The Balaban J connectivity index is 1.87. The second-order valence-corrected chi connectivity index (χ2v) is 6.12. The van der Waals surface area contributed by atoms with Crippen molar-refractivity contribution in [1.82, 2.24) is 15.0 Å². The van der Waals surface area contributed by atoms with Crippen LogP contribution in [0.15, 0.2) is 40.4 Å². The summed E-state index contributed by atoms with van der Waals surface area (Å²) in [6.07, 6.45) is 1.33. The Kier molecular flexibility index (Phi) is 4.30. The third kappa shape index (κ3) is 3.27. The number of halogens is 2. The number of pyridine rings is 1. The Morgan fingerprint density at radius 2 is 2.12 bits per heavy atom.